The van der Waals surface area contributed by atoms with Crippen LogP contribution in [0.5, 0.6) is 5.75 Å². The van der Waals surface area contributed by atoms with Crippen molar-refractivity contribution in [2.45, 2.75) is 32.7 Å². The van der Waals surface area contributed by atoms with Crippen LogP contribution in [-0.2, 0) is 0 Å². The first-order valence-corrected chi connectivity index (χ1v) is 8.49. The van der Waals surface area contributed by atoms with Gasteiger partial charge in [0.1, 0.15) is 5.75 Å². The van der Waals surface area contributed by atoms with Gasteiger partial charge in [0.15, 0.2) is 0 Å². The number of methoxy groups -OCH3 is 1. The van der Waals surface area contributed by atoms with E-state index in [1.807, 2.05) is 12.1 Å². The van der Waals surface area contributed by atoms with Gasteiger partial charge in [-0.05, 0) is 67.8 Å². The van der Waals surface area contributed by atoms with Crippen LogP contribution < -0.4 is 4.74 Å². The summed E-state index contributed by atoms with van der Waals surface area (Å²) in [6, 6.07) is 13.0. The third-order valence-corrected chi connectivity index (χ3v) is 4.95. The third kappa shape index (κ3) is 3.40. The van der Waals surface area contributed by atoms with E-state index in [0.29, 0.717) is 12.0 Å². The number of likely N-dealkylation sites (tertiary alicyclic amines) is 1. The molecule has 0 saturated carbocycles. The molecule has 1 aliphatic rings. The summed E-state index contributed by atoms with van der Waals surface area (Å²) in [4.78, 5) is 2.49. The number of nitrogens with zero attached hydrogens (tertiary/aromatic N) is 1. The predicted octanol–water partition coefficient (Wildman–Crippen LogP) is 4.34. The van der Waals surface area contributed by atoms with E-state index >= 15 is 0 Å². The number of hydrogen-bond acceptors (Lipinski definition) is 3. The zero-order chi connectivity index (χ0) is 16.4. The van der Waals surface area contributed by atoms with Gasteiger partial charge in [0.25, 0.3) is 0 Å². The van der Waals surface area contributed by atoms with Gasteiger partial charge in [0, 0.05) is 24.2 Å². The molecule has 2 aromatic carbocycles. The van der Waals surface area contributed by atoms with Crippen molar-refractivity contribution in [3.8, 4) is 5.75 Å². The van der Waals surface area contributed by atoms with Crippen LogP contribution in [0.4, 0.5) is 0 Å². The molecule has 1 fully saturated rings. The van der Waals surface area contributed by atoms with Crippen molar-refractivity contribution in [2.75, 3.05) is 20.2 Å². The topological polar surface area (TPSA) is 36.3 Å². The molecule has 1 atom stereocenters. The van der Waals surface area contributed by atoms with Crippen molar-refractivity contribution < 1.29 is 4.74 Å². The molecule has 122 valence electrons. The quantitative estimate of drug-likeness (QED) is 0.853. The molecule has 23 heavy (non-hydrogen) atoms. The summed E-state index contributed by atoms with van der Waals surface area (Å²) in [6.07, 6.45) is 2.32. The molecule has 0 aromatic heterocycles. The largest absolute Gasteiger partial charge is 0.497 e. The number of fused-ring (bicyclic) bond motifs is 1. The average molecular weight is 310 g/mol. The molecule has 0 bridgehead atoms. The number of benzene rings is 2. The van der Waals surface area contributed by atoms with Crippen LogP contribution in [0.2, 0.25) is 0 Å². The van der Waals surface area contributed by atoms with E-state index in [1.54, 1.807) is 7.11 Å². The Hall–Kier alpha value is -1.87. The van der Waals surface area contributed by atoms with Crippen LogP contribution in [-0.4, -0.2) is 36.9 Å². The molecule has 1 saturated heterocycles. The lowest BCUT2D eigenvalue weighted by Gasteiger charge is -2.35. The summed E-state index contributed by atoms with van der Waals surface area (Å²) in [7, 11) is 1.69. The van der Waals surface area contributed by atoms with Crippen molar-refractivity contribution in [1.82, 2.24) is 4.90 Å². The lowest BCUT2D eigenvalue weighted by atomic mass is 9.88. The smallest absolute Gasteiger partial charge is 0.119 e. The second-order valence-electron chi connectivity index (χ2n) is 6.77. The summed E-state index contributed by atoms with van der Waals surface area (Å²) in [5, 5.41) is 11.0. The normalized spacial score (nSPS) is 19.2. The molecule has 0 radical (unpaired) electrons. The van der Waals surface area contributed by atoms with Crippen LogP contribution in [0.15, 0.2) is 36.4 Å². The molecule has 1 aliphatic heterocycles. The summed E-state index contributed by atoms with van der Waals surface area (Å²) >= 11 is 0. The highest BCUT2D eigenvalue weighted by molar-refractivity contribution is 6.03. The van der Waals surface area contributed by atoms with Crippen LogP contribution in [0.3, 0.4) is 0 Å². The zero-order valence-corrected chi connectivity index (χ0v) is 14.3. The van der Waals surface area contributed by atoms with Gasteiger partial charge >= 0.3 is 0 Å². The van der Waals surface area contributed by atoms with Crippen molar-refractivity contribution in [1.29, 1.82) is 5.41 Å². The van der Waals surface area contributed by atoms with Crippen LogP contribution in [0.25, 0.3) is 10.8 Å². The van der Waals surface area contributed by atoms with Gasteiger partial charge in [-0.1, -0.05) is 18.2 Å². The molecule has 0 aliphatic carbocycles. The number of piperidine rings is 1. The molecule has 3 nitrogen and oxygen atoms in total. The number of nitrogens with one attached hydrogen (secondary N) is 1. The zero-order valence-electron chi connectivity index (χ0n) is 14.3. The SMILES string of the molecule is COc1ccc2cc(C(=N)C3CCCN(C(C)C)C3)ccc2c1. The predicted molar refractivity (Wildman–Crippen MR) is 96.8 cm³/mol. The fourth-order valence-electron chi connectivity index (χ4n) is 3.47. The summed E-state index contributed by atoms with van der Waals surface area (Å²) in [5.74, 6) is 1.22. The van der Waals surface area contributed by atoms with E-state index in [0.717, 1.165) is 35.4 Å². The molecule has 3 heteroatoms. The molecule has 0 amide bonds. The van der Waals surface area contributed by atoms with E-state index in [2.05, 4.69) is 43.0 Å². The molecule has 1 N–H and O–H groups in total. The molecule has 1 heterocycles. The maximum Gasteiger partial charge on any atom is 0.119 e. The Kier molecular flexibility index (Phi) is 4.67. The highest BCUT2D eigenvalue weighted by Gasteiger charge is 2.25. The van der Waals surface area contributed by atoms with Gasteiger partial charge in [-0.2, -0.15) is 0 Å². The van der Waals surface area contributed by atoms with Crippen molar-refractivity contribution in [3.05, 3.63) is 42.0 Å². The first kappa shape index (κ1) is 16.0. The van der Waals surface area contributed by atoms with E-state index in [-0.39, 0.29) is 0 Å². The summed E-state index contributed by atoms with van der Waals surface area (Å²) in [5.41, 5.74) is 1.84. The van der Waals surface area contributed by atoms with Gasteiger partial charge in [0.05, 0.1) is 7.11 Å². The van der Waals surface area contributed by atoms with E-state index < -0.39 is 0 Å². The van der Waals surface area contributed by atoms with Gasteiger partial charge in [-0.3, -0.25) is 0 Å². The second kappa shape index (κ2) is 6.71. The van der Waals surface area contributed by atoms with Gasteiger partial charge in [-0.15, -0.1) is 0 Å². The van der Waals surface area contributed by atoms with Crippen LogP contribution >= 0.6 is 0 Å². The van der Waals surface area contributed by atoms with Gasteiger partial charge in [0.2, 0.25) is 0 Å². The number of hydrogen-bond donors (Lipinski definition) is 1. The Bertz CT molecular complexity index is 708. The molecular formula is C20H26N2O. The minimum atomic E-state index is 0.349. The number of ether oxygens (including phenoxy) is 1. The van der Waals surface area contributed by atoms with Crippen molar-refractivity contribution >= 4 is 16.5 Å². The van der Waals surface area contributed by atoms with E-state index in [9.17, 15) is 0 Å². The van der Waals surface area contributed by atoms with Crippen LogP contribution in [0.1, 0.15) is 32.3 Å². The lowest BCUT2D eigenvalue weighted by molar-refractivity contribution is 0.164. The molecule has 2 aromatic rings. The van der Waals surface area contributed by atoms with Gasteiger partial charge < -0.3 is 15.0 Å². The highest BCUT2D eigenvalue weighted by atomic mass is 16.5. The van der Waals surface area contributed by atoms with Crippen molar-refractivity contribution in [2.24, 2.45) is 5.92 Å². The van der Waals surface area contributed by atoms with E-state index in [4.69, 9.17) is 10.1 Å². The first-order chi connectivity index (χ1) is 11.1. The highest BCUT2D eigenvalue weighted by Crippen LogP contribution is 2.26. The Morgan fingerprint density at radius 1 is 1.17 bits per heavy atom. The molecule has 1 unspecified atom stereocenters. The van der Waals surface area contributed by atoms with Crippen molar-refractivity contribution in [3.63, 3.8) is 0 Å². The van der Waals surface area contributed by atoms with E-state index in [1.165, 1.54) is 18.4 Å². The lowest BCUT2D eigenvalue weighted by Crippen LogP contribution is -2.42. The minimum absolute atomic E-state index is 0.349. The minimum Gasteiger partial charge on any atom is -0.497 e. The second-order valence-corrected chi connectivity index (χ2v) is 6.77. The maximum absolute atomic E-state index is 8.66. The average Bonchev–Trinajstić information content (AvgIpc) is 2.60. The summed E-state index contributed by atoms with van der Waals surface area (Å²) in [6.45, 7) is 6.67. The summed E-state index contributed by atoms with van der Waals surface area (Å²) < 4.78 is 5.28. The maximum atomic E-state index is 8.66. The molecule has 3 rings (SSSR count). The fourth-order valence-corrected chi connectivity index (χ4v) is 3.47. The standard InChI is InChI=1S/C20H26N2O/c1-14(2)22-10-4-5-18(13-22)20(21)17-7-6-16-12-19(23-3)9-8-15(16)11-17/h6-9,11-12,14,18,21H,4-5,10,13H2,1-3H3. The monoisotopic (exact) mass is 310 g/mol. The number of rotatable bonds is 4. The van der Waals surface area contributed by atoms with Gasteiger partial charge in [-0.25, -0.2) is 0 Å². The first-order valence-electron chi connectivity index (χ1n) is 8.49. The Labute approximate surface area is 138 Å². The molecule has 0 spiro atoms. The Balaban J connectivity index is 1.83. The van der Waals surface area contributed by atoms with Crippen LogP contribution in [0, 0.1) is 11.3 Å². The fraction of sp³-hybridized carbons (Fsp3) is 0.450. The Morgan fingerprint density at radius 3 is 2.65 bits per heavy atom. The molecular weight excluding hydrogens is 284 g/mol. The third-order valence-electron chi connectivity index (χ3n) is 4.95. The Morgan fingerprint density at radius 2 is 1.91 bits per heavy atom.